The van der Waals surface area contributed by atoms with Crippen molar-refractivity contribution < 1.29 is 0 Å². The molecule has 0 bridgehead atoms. The summed E-state index contributed by atoms with van der Waals surface area (Å²) in [5, 5.41) is 3.48. The van der Waals surface area contributed by atoms with Crippen LogP contribution in [-0.4, -0.2) is 18.1 Å². The molecule has 0 saturated carbocycles. The van der Waals surface area contributed by atoms with Gasteiger partial charge in [-0.1, -0.05) is 18.5 Å². The van der Waals surface area contributed by atoms with Crippen LogP contribution < -0.4 is 5.32 Å². The molecule has 1 aromatic rings. The second-order valence-electron chi connectivity index (χ2n) is 3.01. The van der Waals surface area contributed by atoms with E-state index >= 15 is 0 Å². The summed E-state index contributed by atoms with van der Waals surface area (Å²) >= 11 is 9.50. The second kappa shape index (κ2) is 6.72. The number of thiophene rings is 1. The summed E-state index contributed by atoms with van der Waals surface area (Å²) in [5.41, 5.74) is 0. The number of thioether (sulfide) groups is 1. The summed E-state index contributed by atoms with van der Waals surface area (Å²) in [5.74, 6) is 2.38. The predicted octanol–water partition coefficient (Wildman–Crippen LogP) is 3.81. The maximum atomic E-state index is 5.87. The molecule has 1 heterocycles. The van der Waals surface area contributed by atoms with Gasteiger partial charge in [0.1, 0.15) is 0 Å². The van der Waals surface area contributed by atoms with Crippen LogP contribution in [0.2, 0.25) is 4.34 Å². The molecule has 14 heavy (non-hydrogen) atoms. The lowest BCUT2D eigenvalue weighted by molar-refractivity contribution is 0.610. The van der Waals surface area contributed by atoms with E-state index in [9.17, 15) is 0 Å². The third-order valence-corrected chi connectivity index (χ3v) is 4.24. The molecule has 0 spiro atoms. The van der Waals surface area contributed by atoms with Crippen molar-refractivity contribution in [1.82, 2.24) is 5.32 Å². The topological polar surface area (TPSA) is 12.0 Å². The van der Waals surface area contributed by atoms with E-state index in [1.54, 1.807) is 11.3 Å². The molecule has 0 fully saturated rings. The molecule has 4 heteroatoms. The van der Waals surface area contributed by atoms with Gasteiger partial charge in [-0.15, -0.1) is 11.3 Å². The Bertz CT molecular complexity index is 262. The van der Waals surface area contributed by atoms with E-state index in [4.69, 9.17) is 11.6 Å². The Morgan fingerprint density at radius 2 is 2.36 bits per heavy atom. The van der Waals surface area contributed by atoms with Gasteiger partial charge in [0.25, 0.3) is 0 Å². The van der Waals surface area contributed by atoms with Gasteiger partial charge in [0.15, 0.2) is 0 Å². The maximum Gasteiger partial charge on any atom is 0.0931 e. The first-order valence-electron chi connectivity index (χ1n) is 4.80. The van der Waals surface area contributed by atoms with Gasteiger partial charge in [-0.25, -0.2) is 0 Å². The van der Waals surface area contributed by atoms with Crippen LogP contribution in [0, 0.1) is 0 Å². The van der Waals surface area contributed by atoms with Gasteiger partial charge < -0.3 is 5.32 Å². The number of hydrogen-bond donors (Lipinski definition) is 1. The summed E-state index contributed by atoms with van der Waals surface area (Å²) in [7, 11) is 0. The molecule has 1 atom stereocenters. The molecule has 1 unspecified atom stereocenters. The quantitative estimate of drug-likeness (QED) is 0.770. The highest BCUT2D eigenvalue weighted by Gasteiger charge is 2.06. The van der Waals surface area contributed by atoms with E-state index < -0.39 is 0 Å². The molecular weight excluding hydrogens is 234 g/mol. The largest absolute Gasteiger partial charge is 0.309 e. The molecule has 0 radical (unpaired) electrons. The minimum atomic E-state index is 0.421. The normalized spacial score (nSPS) is 13.1. The van der Waals surface area contributed by atoms with E-state index in [1.807, 2.05) is 17.8 Å². The van der Waals surface area contributed by atoms with Gasteiger partial charge >= 0.3 is 0 Å². The number of nitrogens with one attached hydrogen (secondary N) is 1. The highest BCUT2D eigenvalue weighted by molar-refractivity contribution is 7.99. The van der Waals surface area contributed by atoms with E-state index in [0.717, 1.165) is 10.9 Å². The molecule has 1 aromatic heterocycles. The molecule has 0 saturated heterocycles. The maximum absolute atomic E-state index is 5.87. The zero-order valence-corrected chi connectivity index (χ0v) is 10.9. The Hall–Kier alpha value is 0.300. The Balaban J connectivity index is 2.25. The van der Waals surface area contributed by atoms with Crippen LogP contribution in [-0.2, 0) is 0 Å². The van der Waals surface area contributed by atoms with E-state index in [0.29, 0.717) is 6.04 Å². The molecule has 1 nitrogen and oxygen atoms in total. The second-order valence-corrected chi connectivity index (χ2v) is 6.16. The molecule has 80 valence electrons. The van der Waals surface area contributed by atoms with Gasteiger partial charge in [-0.2, -0.15) is 11.8 Å². The van der Waals surface area contributed by atoms with Crippen LogP contribution in [0.5, 0.6) is 0 Å². The smallest absolute Gasteiger partial charge is 0.0931 e. The van der Waals surface area contributed by atoms with Crippen LogP contribution >= 0.6 is 34.7 Å². The first-order valence-corrected chi connectivity index (χ1v) is 7.15. The van der Waals surface area contributed by atoms with Crippen LogP contribution in [0.3, 0.4) is 0 Å². The van der Waals surface area contributed by atoms with Crippen molar-refractivity contribution in [3.8, 4) is 0 Å². The Labute approximate surface area is 99.2 Å². The first-order chi connectivity index (χ1) is 6.74. The van der Waals surface area contributed by atoms with Gasteiger partial charge in [-0.05, 0) is 24.8 Å². The highest BCUT2D eigenvalue weighted by atomic mass is 35.5. The first kappa shape index (κ1) is 12.4. The summed E-state index contributed by atoms with van der Waals surface area (Å²) in [4.78, 5) is 1.32. The molecule has 0 aliphatic carbocycles. The third-order valence-electron chi connectivity index (χ3n) is 1.92. The minimum Gasteiger partial charge on any atom is -0.309 e. The monoisotopic (exact) mass is 249 g/mol. The molecule has 0 aromatic carbocycles. The fraction of sp³-hybridized carbons (Fsp3) is 0.600. The van der Waals surface area contributed by atoms with Gasteiger partial charge in [-0.3, -0.25) is 0 Å². The standard InChI is InChI=1S/C10H16ClNS2/c1-3-13-7-6-12-8(2)9-4-5-10(11)14-9/h4-5,8,12H,3,6-7H2,1-2H3. The Kier molecular flexibility index (Phi) is 5.94. The summed E-state index contributed by atoms with van der Waals surface area (Å²) in [6.45, 7) is 5.43. The lowest BCUT2D eigenvalue weighted by atomic mass is 10.3. The third kappa shape index (κ3) is 4.22. The van der Waals surface area contributed by atoms with Gasteiger partial charge in [0.05, 0.1) is 4.34 Å². The lowest BCUT2D eigenvalue weighted by Gasteiger charge is -2.11. The van der Waals surface area contributed by atoms with Crippen LogP contribution in [0.25, 0.3) is 0 Å². The zero-order chi connectivity index (χ0) is 10.4. The van der Waals surface area contributed by atoms with Crippen molar-refractivity contribution in [1.29, 1.82) is 0 Å². The van der Waals surface area contributed by atoms with E-state index in [-0.39, 0.29) is 0 Å². The fourth-order valence-electron chi connectivity index (χ4n) is 1.15. The van der Waals surface area contributed by atoms with Crippen LogP contribution in [0.15, 0.2) is 12.1 Å². The van der Waals surface area contributed by atoms with Gasteiger partial charge in [0.2, 0.25) is 0 Å². The molecule has 0 amide bonds. The fourth-order valence-corrected chi connectivity index (χ4v) is 2.79. The lowest BCUT2D eigenvalue weighted by Crippen LogP contribution is -2.20. The van der Waals surface area contributed by atoms with Crippen molar-refractivity contribution in [2.45, 2.75) is 19.9 Å². The van der Waals surface area contributed by atoms with E-state index in [2.05, 4.69) is 25.2 Å². The average molecular weight is 250 g/mol. The Morgan fingerprint density at radius 1 is 1.57 bits per heavy atom. The Morgan fingerprint density at radius 3 is 2.93 bits per heavy atom. The van der Waals surface area contributed by atoms with Crippen LogP contribution in [0.4, 0.5) is 0 Å². The van der Waals surface area contributed by atoms with Crippen LogP contribution in [0.1, 0.15) is 24.8 Å². The highest BCUT2D eigenvalue weighted by Crippen LogP contribution is 2.26. The van der Waals surface area contributed by atoms with Gasteiger partial charge in [0, 0.05) is 23.2 Å². The van der Waals surface area contributed by atoms with Crippen molar-refractivity contribution in [2.24, 2.45) is 0 Å². The number of hydrogen-bond acceptors (Lipinski definition) is 3. The molecule has 1 N–H and O–H groups in total. The molecule has 1 rings (SSSR count). The summed E-state index contributed by atoms with van der Waals surface area (Å²) in [6, 6.07) is 4.47. The summed E-state index contributed by atoms with van der Waals surface area (Å²) in [6.07, 6.45) is 0. The zero-order valence-electron chi connectivity index (χ0n) is 8.55. The molecular formula is C10H16ClNS2. The molecule has 0 aliphatic heterocycles. The van der Waals surface area contributed by atoms with Crippen molar-refractivity contribution in [2.75, 3.05) is 18.1 Å². The minimum absolute atomic E-state index is 0.421. The number of rotatable bonds is 6. The van der Waals surface area contributed by atoms with Crippen molar-refractivity contribution in [3.63, 3.8) is 0 Å². The SMILES string of the molecule is CCSCCNC(C)c1ccc(Cl)s1. The van der Waals surface area contributed by atoms with Crippen molar-refractivity contribution in [3.05, 3.63) is 21.3 Å². The average Bonchev–Trinajstić information content (AvgIpc) is 2.59. The summed E-state index contributed by atoms with van der Waals surface area (Å²) < 4.78 is 0.872. The predicted molar refractivity (Wildman–Crippen MR) is 68.7 cm³/mol. The van der Waals surface area contributed by atoms with Crippen molar-refractivity contribution >= 4 is 34.7 Å². The molecule has 0 aliphatic rings. The number of halogens is 1. The van der Waals surface area contributed by atoms with E-state index in [1.165, 1.54) is 16.4 Å².